The van der Waals surface area contributed by atoms with Crippen LogP contribution in [0.15, 0.2) is 11.3 Å². The molecule has 1 aromatic rings. The van der Waals surface area contributed by atoms with E-state index in [0.29, 0.717) is 5.92 Å². The van der Waals surface area contributed by atoms with Gasteiger partial charge in [0.25, 0.3) is 0 Å². The van der Waals surface area contributed by atoms with Gasteiger partial charge in [0.15, 0.2) is 5.96 Å². The lowest BCUT2D eigenvalue weighted by Crippen LogP contribution is -2.48. The molecule has 0 saturated carbocycles. The first-order valence-electron chi connectivity index (χ1n) is 8.05. The number of piperidine rings is 1. The predicted molar refractivity (Wildman–Crippen MR) is 104 cm³/mol. The van der Waals surface area contributed by atoms with Gasteiger partial charge in [-0.3, -0.25) is 10.1 Å². The number of aromatic amines is 1. The normalized spacial score (nSPS) is 17.0. The SMILES string of the molecule is CN=C(NCCNC(C)(C)C)N1CCC(c2ncn[nH]2)CC1.I. The van der Waals surface area contributed by atoms with Crippen molar-refractivity contribution in [3.05, 3.63) is 12.2 Å². The van der Waals surface area contributed by atoms with Gasteiger partial charge in [0.1, 0.15) is 12.2 Å². The highest BCUT2D eigenvalue weighted by Crippen LogP contribution is 2.24. The molecule has 0 aromatic carbocycles. The predicted octanol–water partition coefficient (Wildman–Crippen LogP) is 1.57. The highest BCUT2D eigenvalue weighted by molar-refractivity contribution is 14.0. The summed E-state index contributed by atoms with van der Waals surface area (Å²) < 4.78 is 0. The second-order valence-corrected chi connectivity index (χ2v) is 6.78. The van der Waals surface area contributed by atoms with E-state index in [0.717, 1.165) is 50.8 Å². The second kappa shape index (κ2) is 9.41. The number of H-pyrrole nitrogens is 1. The van der Waals surface area contributed by atoms with Gasteiger partial charge < -0.3 is 15.5 Å². The summed E-state index contributed by atoms with van der Waals surface area (Å²) in [5, 5.41) is 13.8. The molecule has 0 amide bonds. The van der Waals surface area contributed by atoms with Gasteiger partial charge in [-0.1, -0.05) is 0 Å². The zero-order valence-corrected chi connectivity index (χ0v) is 16.9. The zero-order valence-electron chi connectivity index (χ0n) is 14.6. The molecular formula is C15H30IN7. The van der Waals surface area contributed by atoms with E-state index in [9.17, 15) is 0 Å². The van der Waals surface area contributed by atoms with E-state index in [1.807, 2.05) is 7.05 Å². The van der Waals surface area contributed by atoms with Crippen molar-refractivity contribution < 1.29 is 0 Å². The van der Waals surface area contributed by atoms with Gasteiger partial charge in [-0.15, -0.1) is 24.0 Å². The molecule has 0 atom stereocenters. The molecule has 3 N–H and O–H groups in total. The Kier molecular flexibility index (Phi) is 8.24. The molecule has 1 aliphatic rings. The number of hydrogen-bond acceptors (Lipinski definition) is 4. The minimum Gasteiger partial charge on any atom is -0.355 e. The molecule has 2 rings (SSSR count). The number of nitrogens with one attached hydrogen (secondary N) is 3. The van der Waals surface area contributed by atoms with E-state index < -0.39 is 0 Å². The number of aliphatic imine (C=N–C) groups is 1. The first-order chi connectivity index (χ1) is 10.5. The van der Waals surface area contributed by atoms with Crippen LogP contribution in [0.3, 0.4) is 0 Å². The number of likely N-dealkylation sites (tertiary alicyclic amines) is 1. The smallest absolute Gasteiger partial charge is 0.193 e. The quantitative estimate of drug-likeness (QED) is 0.290. The van der Waals surface area contributed by atoms with Crippen molar-refractivity contribution in [3.8, 4) is 0 Å². The first kappa shape index (κ1) is 20.1. The summed E-state index contributed by atoms with van der Waals surface area (Å²) in [7, 11) is 1.85. The molecule has 1 saturated heterocycles. The van der Waals surface area contributed by atoms with Crippen LogP contribution in [0.5, 0.6) is 0 Å². The second-order valence-electron chi connectivity index (χ2n) is 6.78. The van der Waals surface area contributed by atoms with Gasteiger partial charge >= 0.3 is 0 Å². The van der Waals surface area contributed by atoms with Crippen molar-refractivity contribution in [1.82, 2.24) is 30.7 Å². The van der Waals surface area contributed by atoms with E-state index in [1.165, 1.54) is 0 Å². The Hall–Kier alpha value is -0.900. The van der Waals surface area contributed by atoms with E-state index in [1.54, 1.807) is 6.33 Å². The van der Waals surface area contributed by atoms with Crippen LogP contribution in [0.25, 0.3) is 0 Å². The van der Waals surface area contributed by atoms with Crippen LogP contribution in [0.1, 0.15) is 45.4 Å². The molecule has 0 radical (unpaired) electrons. The number of hydrogen-bond donors (Lipinski definition) is 3. The van der Waals surface area contributed by atoms with Gasteiger partial charge in [0, 0.05) is 44.7 Å². The Morgan fingerprint density at radius 2 is 2.04 bits per heavy atom. The average molecular weight is 435 g/mol. The Balaban J connectivity index is 0.00000264. The van der Waals surface area contributed by atoms with Crippen LogP contribution in [-0.2, 0) is 0 Å². The Morgan fingerprint density at radius 1 is 1.35 bits per heavy atom. The molecule has 1 aliphatic heterocycles. The monoisotopic (exact) mass is 435 g/mol. The number of aromatic nitrogens is 3. The fourth-order valence-corrected chi connectivity index (χ4v) is 2.72. The third-order valence-electron chi connectivity index (χ3n) is 3.89. The maximum Gasteiger partial charge on any atom is 0.193 e. The molecule has 0 spiro atoms. The fraction of sp³-hybridized carbons (Fsp3) is 0.800. The molecule has 23 heavy (non-hydrogen) atoms. The number of nitrogens with zero attached hydrogens (tertiary/aromatic N) is 4. The Labute approximate surface area is 156 Å². The molecule has 0 bridgehead atoms. The van der Waals surface area contributed by atoms with Gasteiger partial charge in [0.05, 0.1) is 0 Å². The minimum atomic E-state index is 0. The lowest BCUT2D eigenvalue weighted by Gasteiger charge is -2.33. The van der Waals surface area contributed by atoms with E-state index >= 15 is 0 Å². The van der Waals surface area contributed by atoms with Crippen LogP contribution in [0.2, 0.25) is 0 Å². The van der Waals surface area contributed by atoms with Gasteiger partial charge in [0.2, 0.25) is 0 Å². The summed E-state index contributed by atoms with van der Waals surface area (Å²) in [6.07, 6.45) is 3.75. The van der Waals surface area contributed by atoms with E-state index in [-0.39, 0.29) is 29.5 Å². The molecule has 7 nitrogen and oxygen atoms in total. The van der Waals surface area contributed by atoms with Crippen molar-refractivity contribution in [3.63, 3.8) is 0 Å². The number of halogens is 1. The summed E-state index contributed by atoms with van der Waals surface area (Å²) >= 11 is 0. The molecule has 8 heteroatoms. The van der Waals surface area contributed by atoms with Crippen LogP contribution in [0, 0.1) is 0 Å². The maximum atomic E-state index is 4.40. The maximum absolute atomic E-state index is 4.40. The first-order valence-corrected chi connectivity index (χ1v) is 8.05. The third kappa shape index (κ3) is 6.62. The lowest BCUT2D eigenvalue weighted by molar-refractivity contribution is 0.298. The van der Waals surface area contributed by atoms with Gasteiger partial charge in [-0.05, 0) is 33.6 Å². The summed E-state index contributed by atoms with van der Waals surface area (Å²) in [4.78, 5) is 11.0. The standard InChI is InChI=1S/C15H29N7.HI/c1-15(2,3)19-8-7-17-14(16-4)22-9-5-12(6-10-22)13-18-11-20-21-13;/h11-12,19H,5-10H2,1-4H3,(H,16,17)(H,18,20,21);1H. The van der Waals surface area contributed by atoms with E-state index in [2.05, 4.69) is 56.5 Å². The van der Waals surface area contributed by atoms with Crippen molar-refractivity contribution >= 4 is 29.9 Å². The van der Waals surface area contributed by atoms with Crippen molar-refractivity contribution in [2.24, 2.45) is 4.99 Å². The van der Waals surface area contributed by atoms with Crippen LogP contribution >= 0.6 is 24.0 Å². The summed E-state index contributed by atoms with van der Waals surface area (Å²) in [5.41, 5.74) is 0.153. The summed E-state index contributed by atoms with van der Waals surface area (Å²) in [5.74, 6) is 2.49. The Bertz CT molecular complexity index is 459. The molecule has 132 valence electrons. The van der Waals surface area contributed by atoms with Gasteiger partial charge in [-0.25, -0.2) is 4.98 Å². The average Bonchev–Trinajstić information content (AvgIpc) is 3.01. The molecular weight excluding hydrogens is 405 g/mol. The van der Waals surface area contributed by atoms with Crippen LogP contribution in [0.4, 0.5) is 0 Å². The fourth-order valence-electron chi connectivity index (χ4n) is 2.72. The van der Waals surface area contributed by atoms with E-state index in [4.69, 9.17) is 0 Å². The van der Waals surface area contributed by atoms with Crippen molar-refractivity contribution in [2.75, 3.05) is 33.2 Å². The minimum absolute atomic E-state index is 0. The van der Waals surface area contributed by atoms with Crippen molar-refractivity contribution in [2.45, 2.75) is 45.1 Å². The van der Waals surface area contributed by atoms with Crippen molar-refractivity contribution in [1.29, 1.82) is 0 Å². The topological polar surface area (TPSA) is 81.2 Å². The number of rotatable bonds is 4. The number of guanidine groups is 1. The molecule has 2 heterocycles. The molecule has 0 unspecified atom stereocenters. The highest BCUT2D eigenvalue weighted by Gasteiger charge is 2.24. The molecule has 1 fully saturated rings. The van der Waals surface area contributed by atoms with Crippen LogP contribution < -0.4 is 10.6 Å². The molecule has 1 aromatic heterocycles. The van der Waals surface area contributed by atoms with Gasteiger partial charge in [-0.2, -0.15) is 5.10 Å². The largest absolute Gasteiger partial charge is 0.355 e. The highest BCUT2D eigenvalue weighted by atomic mass is 127. The lowest BCUT2D eigenvalue weighted by atomic mass is 9.96. The summed E-state index contributed by atoms with van der Waals surface area (Å²) in [6.45, 7) is 10.3. The zero-order chi connectivity index (χ0) is 16.0. The molecule has 0 aliphatic carbocycles. The summed E-state index contributed by atoms with van der Waals surface area (Å²) in [6, 6.07) is 0. The third-order valence-corrected chi connectivity index (χ3v) is 3.89. The van der Waals surface area contributed by atoms with Crippen LogP contribution in [-0.4, -0.2) is 64.8 Å². The Morgan fingerprint density at radius 3 is 2.57 bits per heavy atom.